The molecule has 3 aromatic rings. The van der Waals surface area contributed by atoms with E-state index >= 15 is 0 Å². The molecular weight excluding hydrogens is 358 g/mol. The molecule has 0 aliphatic carbocycles. The third-order valence-electron chi connectivity index (χ3n) is 4.45. The van der Waals surface area contributed by atoms with E-state index in [0.717, 1.165) is 5.69 Å². The van der Waals surface area contributed by atoms with Crippen molar-refractivity contribution in [3.05, 3.63) is 54.9 Å². The molecule has 0 bridgehead atoms. The first-order chi connectivity index (χ1) is 13.7. The molecule has 1 unspecified atom stereocenters. The Morgan fingerprint density at radius 1 is 1.11 bits per heavy atom. The van der Waals surface area contributed by atoms with E-state index in [-0.39, 0.29) is 17.7 Å². The van der Waals surface area contributed by atoms with Gasteiger partial charge in [-0.1, -0.05) is 0 Å². The summed E-state index contributed by atoms with van der Waals surface area (Å²) in [4.78, 5) is 23.5. The number of nitrogens with zero attached hydrogens (tertiary/aromatic N) is 4. The summed E-state index contributed by atoms with van der Waals surface area (Å²) in [6.07, 6.45) is 4.44. The van der Waals surface area contributed by atoms with Gasteiger partial charge >= 0.3 is 0 Å². The molecule has 1 fully saturated rings. The summed E-state index contributed by atoms with van der Waals surface area (Å²) in [7, 11) is 0. The van der Waals surface area contributed by atoms with Crippen LogP contribution in [-0.2, 0) is 9.59 Å². The van der Waals surface area contributed by atoms with Gasteiger partial charge < -0.3 is 16.0 Å². The maximum absolute atomic E-state index is 12.3. The fraction of sp³-hybridized carbons (Fsp3) is 0.211. The molecule has 3 N–H and O–H groups in total. The lowest BCUT2D eigenvalue weighted by atomic mass is 9.98. The highest BCUT2D eigenvalue weighted by Crippen LogP contribution is 2.19. The van der Waals surface area contributed by atoms with Crippen LogP contribution in [0.2, 0.25) is 0 Å². The quantitative estimate of drug-likeness (QED) is 0.625. The van der Waals surface area contributed by atoms with Crippen molar-refractivity contribution in [2.24, 2.45) is 5.92 Å². The molecule has 1 saturated heterocycles. The Hall–Kier alpha value is -3.75. The number of benzene rings is 1. The predicted octanol–water partition coefficient (Wildman–Crippen LogP) is 1.87. The summed E-state index contributed by atoms with van der Waals surface area (Å²) in [6, 6.07) is 12.8. The van der Waals surface area contributed by atoms with Gasteiger partial charge in [0.05, 0.1) is 5.92 Å². The second-order valence-corrected chi connectivity index (χ2v) is 6.46. The molecule has 3 heterocycles. The number of carbonyl (C=O) groups excluding carboxylic acids is 2. The molecule has 2 amide bonds. The molecule has 1 aliphatic heterocycles. The fourth-order valence-corrected chi connectivity index (χ4v) is 2.90. The first kappa shape index (κ1) is 17.7. The number of hydrogen-bond donors (Lipinski definition) is 3. The topological polar surface area (TPSA) is 114 Å². The molecule has 0 spiro atoms. The maximum Gasteiger partial charge on any atom is 0.229 e. The Kier molecular flexibility index (Phi) is 4.96. The van der Waals surface area contributed by atoms with Crippen molar-refractivity contribution in [2.75, 3.05) is 17.2 Å². The molecule has 1 atom stereocenters. The zero-order chi connectivity index (χ0) is 19.3. The van der Waals surface area contributed by atoms with Gasteiger partial charge in [0, 0.05) is 36.7 Å². The highest BCUT2D eigenvalue weighted by atomic mass is 16.2. The normalized spacial score (nSPS) is 16.3. The Labute approximate surface area is 161 Å². The van der Waals surface area contributed by atoms with E-state index < -0.39 is 0 Å². The monoisotopic (exact) mass is 377 g/mol. The van der Waals surface area contributed by atoms with E-state index in [4.69, 9.17) is 0 Å². The van der Waals surface area contributed by atoms with Crippen molar-refractivity contribution in [3.8, 4) is 5.82 Å². The number of anilines is 3. The van der Waals surface area contributed by atoms with Crippen LogP contribution in [0.5, 0.6) is 0 Å². The Balaban J connectivity index is 1.34. The van der Waals surface area contributed by atoms with Gasteiger partial charge in [0.25, 0.3) is 0 Å². The molecule has 0 saturated carbocycles. The van der Waals surface area contributed by atoms with Crippen molar-refractivity contribution in [1.82, 2.24) is 25.3 Å². The zero-order valence-corrected chi connectivity index (χ0v) is 15.0. The highest BCUT2D eigenvalue weighted by molar-refractivity contribution is 5.94. The van der Waals surface area contributed by atoms with E-state index in [1.54, 1.807) is 17.1 Å². The summed E-state index contributed by atoms with van der Waals surface area (Å²) in [6.45, 7) is 0.386. The van der Waals surface area contributed by atoms with Gasteiger partial charge in [-0.15, -0.1) is 10.2 Å². The van der Waals surface area contributed by atoms with Crippen LogP contribution in [0.3, 0.4) is 0 Å². The molecule has 2 aromatic heterocycles. The molecule has 28 heavy (non-hydrogen) atoms. The van der Waals surface area contributed by atoms with Crippen LogP contribution in [0.15, 0.2) is 54.9 Å². The van der Waals surface area contributed by atoms with Crippen LogP contribution >= 0.6 is 0 Å². The lowest BCUT2D eigenvalue weighted by Crippen LogP contribution is -2.40. The number of nitrogens with one attached hydrogen (secondary N) is 3. The Bertz CT molecular complexity index is 943. The largest absolute Gasteiger partial charge is 0.355 e. The average Bonchev–Trinajstić information content (AvgIpc) is 3.25. The molecule has 9 nitrogen and oxygen atoms in total. The van der Waals surface area contributed by atoms with E-state index in [1.807, 2.05) is 42.5 Å². The van der Waals surface area contributed by atoms with Gasteiger partial charge in [0.1, 0.15) is 0 Å². The minimum atomic E-state index is -0.195. The van der Waals surface area contributed by atoms with Gasteiger partial charge in [-0.2, -0.15) is 5.10 Å². The third kappa shape index (κ3) is 4.14. The SMILES string of the molecule is O=C1CCC(C(=O)Nc2ccc(Nc3ccc(-n4cccn4)nn3)cc2)CN1. The second kappa shape index (κ2) is 7.87. The van der Waals surface area contributed by atoms with Crippen molar-refractivity contribution in [1.29, 1.82) is 0 Å². The van der Waals surface area contributed by atoms with Crippen LogP contribution in [-0.4, -0.2) is 38.3 Å². The van der Waals surface area contributed by atoms with Crippen LogP contribution < -0.4 is 16.0 Å². The maximum atomic E-state index is 12.3. The van der Waals surface area contributed by atoms with Crippen molar-refractivity contribution in [2.45, 2.75) is 12.8 Å². The third-order valence-corrected chi connectivity index (χ3v) is 4.45. The minimum Gasteiger partial charge on any atom is -0.355 e. The van der Waals surface area contributed by atoms with Crippen molar-refractivity contribution >= 4 is 29.0 Å². The number of amides is 2. The highest BCUT2D eigenvalue weighted by Gasteiger charge is 2.24. The Morgan fingerprint density at radius 3 is 2.57 bits per heavy atom. The van der Waals surface area contributed by atoms with Crippen LogP contribution in [0.4, 0.5) is 17.2 Å². The molecule has 0 radical (unpaired) electrons. The number of piperidine rings is 1. The number of rotatable bonds is 5. The summed E-state index contributed by atoms with van der Waals surface area (Å²) in [5.41, 5.74) is 1.52. The number of hydrogen-bond acceptors (Lipinski definition) is 6. The van der Waals surface area contributed by atoms with Crippen molar-refractivity contribution < 1.29 is 9.59 Å². The predicted molar refractivity (Wildman–Crippen MR) is 103 cm³/mol. The molecule has 1 aromatic carbocycles. The van der Waals surface area contributed by atoms with Gasteiger partial charge in [-0.05, 0) is 48.9 Å². The van der Waals surface area contributed by atoms with Crippen LogP contribution in [0, 0.1) is 5.92 Å². The molecule has 4 rings (SSSR count). The molecule has 142 valence electrons. The molecule has 1 aliphatic rings. The van der Waals surface area contributed by atoms with E-state index in [1.165, 1.54) is 0 Å². The van der Waals surface area contributed by atoms with E-state index in [2.05, 4.69) is 31.2 Å². The summed E-state index contributed by atoms with van der Waals surface area (Å²) in [5, 5.41) is 21.2. The Morgan fingerprint density at radius 2 is 1.93 bits per heavy atom. The van der Waals surface area contributed by atoms with Gasteiger partial charge in [0.15, 0.2) is 11.6 Å². The average molecular weight is 377 g/mol. The van der Waals surface area contributed by atoms with Crippen LogP contribution in [0.1, 0.15) is 12.8 Å². The lowest BCUT2D eigenvalue weighted by molar-refractivity contribution is -0.126. The smallest absolute Gasteiger partial charge is 0.229 e. The van der Waals surface area contributed by atoms with Gasteiger partial charge in [0.2, 0.25) is 11.8 Å². The van der Waals surface area contributed by atoms with E-state index in [0.29, 0.717) is 36.7 Å². The summed E-state index contributed by atoms with van der Waals surface area (Å²) in [5.74, 6) is 0.957. The lowest BCUT2D eigenvalue weighted by Gasteiger charge is -2.21. The first-order valence-corrected chi connectivity index (χ1v) is 8.96. The van der Waals surface area contributed by atoms with Gasteiger partial charge in [-0.25, -0.2) is 4.68 Å². The summed E-state index contributed by atoms with van der Waals surface area (Å²) >= 11 is 0. The number of carbonyl (C=O) groups is 2. The minimum absolute atomic E-state index is 0.000215. The van der Waals surface area contributed by atoms with Crippen molar-refractivity contribution in [3.63, 3.8) is 0 Å². The fourth-order valence-electron chi connectivity index (χ4n) is 2.90. The van der Waals surface area contributed by atoms with Crippen LogP contribution in [0.25, 0.3) is 5.82 Å². The summed E-state index contributed by atoms with van der Waals surface area (Å²) < 4.78 is 1.63. The standard InChI is InChI=1S/C19H19N7O2/c27-18-9-2-13(12-20-18)19(28)23-15-5-3-14(4-6-15)22-16-7-8-17(25-24-16)26-11-1-10-21-26/h1,3-8,10-11,13H,2,9,12H2,(H,20,27)(H,22,24)(H,23,28). The zero-order valence-electron chi connectivity index (χ0n) is 15.0. The number of aromatic nitrogens is 4. The van der Waals surface area contributed by atoms with E-state index in [9.17, 15) is 9.59 Å². The second-order valence-electron chi connectivity index (χ2n) is 6.46. The van der Waals surface area contributed by atoms with Gasteiger partial charge in [-0.3, -0.25) is 9.59 Å². The molecular formula is C19H19N7O2. The first-order valence-electron chi connectivity index (χ1n) is 8.96. The molecule has 9 heteroatoms.